The highest BCUT2D eigenvalue weighted by atomic mass is 35.5. The predicted octanol–water partition coefficient (Wildman–Crippen LogP) is 6.62. The second kappa shape index (κ2) is 13.5. The van der Waals surface area contributed by atoms with Crippen molar-refractivity contribution < 1.29 is 23.3 Å². The van der Waals surface area contributed by atoms with Crippen LogP contribution in [0.25, 0.3) is 22.8 Å². The van der Waals surface area contributed by atoms with Gasteiger partial charge < -0.3 is 28.9 Å². The van der Waals surface area contributed by atoms with Crippen molar-refractivity contribution in [3.63, 3.8) is 0 Å². The van der Waals surface area contributed by atoms with Crippen LogP contribution in [0.5, 0.6) is 23.0 Å². The molecule has 0 amide bonds. The molecule has 0 radical (unpaired) electrons. The Morgan fingerprint density at radius 3 is 1.51 bits per heavy atom. The Hall–Kier alpha value is -4.21. The lowest BCUT2D eigenvalue weighted by atomic mass is 10.1. The van der Waals surface area contributed by atoms with Crippen LogP contribution in [0.3, 0.4) is 0 Å². The fraction of sp³-hybridized carbons (Fsp3) is 0.143. The first kappa shape index (κ1) is 29.3. The van der Waals surface area contributed by atoms with Gasteiger partial charge in [-0.1, -0.05) is 18.2 Å². The Morgan fingerprint density at radius 1 is 0.667 bits per heavy atom. The Labute approximate surface area is 237 Å². The van der Waals surface area contributed by atoms with Crippen LogP contribution in [0.4, 0.5) is 4.39 Å². The summed E-state index contributed by atoms with van der Waals surface area (Å²) in [7, 11) is 3.12. The van der Waals surface area contributed by atoms with Gasteiger partial charge in [0.1, 0.15) is 30.7 Å². The summed E-state index contributed by atoms with van der Waals surface area (Å²) in [5.41, 5.74) is 2.51. The molecule has 0 aliphatic carbocycles. The van der Waals surface area contributed by atoms with Crippen LogP contribution < -0.4 is 18.9 Å². The molecule has 0 saturated heterocycles. The summed E-state index contributed by atoms with van der Waals surface area (Å²) < 4.78 is 38.0. The van der Waals surface area contributed by atoms with Crippen LogP contribution in [0, 0.1) is 5.82 Å². The molecule has 0 unspecified atom stereocenters. The molecule has 2 heterocycles. The van der Waals surface area contributed by atoms with Crippen LogP contribution in [-0.2, 0) is 13.2 Å². The van der Waals surface area contributed by atoms with Crippen molar-refractivity contribution in [1.29, 1.82) is 0 Å². The Kier molecular flexibility index (Phi) is 10.2. The summed E-state index contributed by atoms with van der Waals surface area (Å²) >= 11 is 0. The van der Waals surface area contributed by atoms with E-state index in [1.807, 2.05) is 24.3 Å². The zero-order valence-electron chi connectivity index (χ0n) is 21.1. The monoisotopic (exact) mass is 572 g/mol. The normalized spacial score (nSPS) is 10.2. The minimum absolute atomic E-state index is 0. The maximum atomic E-state index is 15.3. The van der Waals surface area contributed by atoms with Crippen molar-refractivity contribution in [2.75, 3.05) is 14.2 Å². The van der Waals surface area contributed by atoms with Gasteiger partial charge in [0.05, 0.1) is 14.2 Å². The first-order valence-electron chi connectivity index (χ1n) is 11.5. The fourth-order valence-electron chi connectivity index (χ4n) is 3.88. The number of halogens is 3. The summed E-state index contributed by atoms with van der Waals surface area (Å²) in [6.07, 6.45) is 6.85. The van der Waals surface area contributed by atoms with Gasteiger partial charge in [0.2, 0.25) is 0 Å². The number of rotatable bonds is 10. The van der Waals surface area contributed by atoms with Gasteiger partial charge in [0, 0.05) is 47.0 Å². The molecule has 204 valence electrons. The van der Waals surface area contributed by atoms with Crippen molar-refractivity contribution >= 4 is 24.8 Å². The van der Waals surface area contributed by atoms with Gasteiger partial charge in [0.25, 0.3) is 0 Å². The number of benzene rings is 3. The van der Waals surface area contributed by atoms with E-state index in [9.17, 15) is 0 Å². The number of methoxy groups -OCH3 is 2. The third-order valence-corrected chi connectivity index (χ3v) is 5.80. The molecule has 5 rings (SSSR count). The maximum absolute atomic E-state index is 15.3. The van der Waals surface area contributed by atoms with E-state index in [0.29, 0.717) is 34.1 Å². The summed E-state index contributed by atoms with van der Waals surface area (Å²) in [6.45, 7) is 0.0502. The van der Waals surface area contributed by atoms with Gasteiger partial charge in [-0.3, -0.25) is 0 Å². The van der Waals surface area contributed by atoms with E-state index < -0.39 is 0 Å². The number of aromatic nitrogens is 4. The highest BCUT2D eigenvalue weighted by molar-refractivity contribution is 5.85. The molecule has 0 spiro atoms. The van der Waals surface area contributed by atoms with Gasteiger partial charge in [-0.05, 0) is 36.4 Å². The largest absolute Gasteiger partial charge is 0.493 e. The van der Waals surface area contributed by atoms with E-state index in [-0.39, 0.29) is 43.8 Å². The van der Waals surface area contributed by atoms with Crippen LogP contribution in [0.15, 0.2) is 79.4 Å². The lowest BCUT2D eigenvalue weighted by molar-refractivity contribution is 0.270. The molecule has 0 bridgehead atoms. The molecule has 0 saturated carbocycles. The molecule has 0 aliphatic rings. The van der Waals surface area contributed by atoms with Gasteiger partial charge in [-0.25, -0.2) is 14.4 Å². The second-order valence-electron chi connectivity index (χ2n) is 8.07. The Balaban J connectivity index is 0.00000210. The quantitative estimate of drug-likeness (QED) is 0.195. The molecule has 39 heavy (non-hydrogen) atoms. The first-order chi connectivity index (χ1) is 18.2. The van der Waals surface area contributed by atoms with Crippen molar-refractivity contribution in [2.45, 2.75) is 13.2 Å². The minimum atomic E-state index is -0.389. The average Bonchev–Trinajstić information content (AvgIpc) is 3.67. The average molecular weight is 573 g/mol. The van der Waals surface area contributed by atoms with Crippen LogP contribution in [0.1, 0.15) is 11.1 Å². The molecule has 2 N–H and O–H groups in total. The highest BCUT2D eigenvalue weighted by Gasteiger charge is 2.14. The van der Waals surface area contributed by atoms with Crippen molar-refractivity contribution in [2.24, 2.45) is 0 Å². The molecule has 2 aromatic heterocycles. The van der Waals surface area contributed by atoms with E-state index in [0.717, 1.165) is 22.8 Å². The van der Waals surface area contributed by atoms with Gasteiger partial charge in [-0.2, -0.15) is 0 Å². The van der Waals surface area contributed by atoms with Crippen molar-refractivity contribution in [3.05, 3.63) is 96.3 Å². The zero-order chi connectivity index (χ0) is 25.6. The Morgan fingerprint density at radius 2 is 1.13 bits per heavy atom. The molecule has 0 atom stereocenters. The molecule has 5 aromatic rings. The highest BCUT2D eigenvalue weighted by Crippen LogP contribution is 2.34. The molecule has 11 heteroatoms. The van der Waals surface area contributed by atoms with Crippen LogP contribution in [0.2, 0.25) is 0 Å². The standard InChI is InChI=1S/C28H25FN4O4.2ClH/c1-34-24-14-18(27-30-10-11-31-27)6-8-22(24)36-16-20-4-3-5-21(26(20)29)17-37-23-9-7-19(15-25(23)35-2)28-32-12-13-33-28;;/h3-15H,16-17H2,1-2H3,(H,30,31)(H,32,33);2*1H. The number of hydrogen-bond acceptors (Lipinski definition) is 6. The number of aromatic amines is 2. The number of H-pyrrole nitrogens is 2. The summed E-state index contributed by atoms with van der Waals surface area (Å²) in [5, 5.41) is 0. The smallest absolute Gasteiger partial charge is 0.161 e. The third-order valence-electron chi connectivity index (χ3n) is 5.80. The van der Waals surface area contributed by atoms with Crippen molar-refractivity contribution in [1.82, 2.24) is 19.9 Å². The maximum Gasteiger partial charge on any atom is 0.161 e. The molecular formula is C28H27Cl2FN4O4. The molecule has 8 nitrogen and oxygen atoms in total. The lowest BCUT2D eigenvalue weighted by Gasteiger charge is -2.15. The summed E-state index contributed by atoms with van der Waals surface area (Å²) in [6, 6.07) is 16.1. The number of nitrogens with zero attached hydrogens (tertiary/aromatic N) is 2. The number of imidazole rings is 2. The van der Waals surface area contributed by atoms with E-state index >= 15 is 4.39 Å². The molecular weight excluding hydrogens is 546 g/mol. The van der Waals surface area contributed by atoms with E-state index in [1.165, 1.54) is 0 Å². The number of ether oxygens (including phenoxy) is 4. The first-order valence-corrected chi connectivity index (χ1v) is 11.5. The molecule has 0 aliphatic heterocycles. The minimum Gasteiger partial charge on any atom is -0.493 e. The number of nitrogens with one attached hydrogen (secondary N) is 2. The van der Waals surface area contributed by atoms with Crippen molar-refractivity contribution in [3.8, 4) is 45.8 Å². The molecule has 0 fully saturated rings. The van der Waals surface area contributed by atoms with Crippen LogP contribution >= 0.6 is 24.8 Å². The predicted molar refractivity (Wildman–Crippen MR) is 151 cm³/mol. The summed E-state index contributed by atoms with van der Waals surface area (Å²) in [4.78, 5) is 14.6. The van der Waals surface area contributed by atoms with E-state index in [2.05, 4.69) is 19.9 Å². The molecule has 3 aromatic carbocycles. The van der Waals surface area contributed by atoms with Crippen LogP contribution in [-0.4, -0.2) is 34.2 Å². The topological polar surface area (TPSA) is 94.3 Å². The second-order valence-corrected chi connectivity index (χ2v) is 8.07. The zero-order valence-corrected chi connectivity index (χ0v) is 22.8. The van der Waals surface area contributed by atoms with Gasteiger partial charge in [0.15, 0.2) is 23.0 Å². The lowest BCUT2D eigenvalue weighted by Crippen LogP contribution is -2.05. The fourth-order valence-corrected chi connectivity index (χ4v) is 3.88. The van der Waals surface area contributed by atoms with Gasteiger partial charge >= 0.3 is 0 Å². The van der Waals surface area contributed by atoms with Gasteiger partial charge in [-0.15, -0.1) is 24.8 Å². The van der Waals surface area contributed by atoms with E-state index in [4.69, 9.17) is 18.9 Å². The SMILES string of the molecule is COc1cc(-c2ncc[nH]2)ccc1OCc1cccc(COc2ccc(-c3ncc[nH]3)cc2OC)c1F.Cl.Cl. The Bertz CT molecular complexity index is 1370. The number of hydrogen-bond donors (Lipinski definition) is 2. The summed E-state index contributed by atoms with van der Waals surface area (Å²) in [5.74, 6) is 3.10. The third kappa shape index (κ3) is 6.63. The van der Waals surface area contributed by atoms with E-state index in [1.54, 1.807) is 69.3 Å².